The van der Waals surface area contributed by atoms with Crippen molar-refractivity contribution in [3.05, 3.63) is 53.6 Å². The Morgan fingerprint density at radius 2 is 1.80 bits per heavy atom. The van der Waals surface area contributed by atoms with E-state index in [1.54, 1.807) is 24.4 Å². The zero-order valence-electron chi connectivity index (χ0n) is 7.65. The molecule has 0 amide bonds. The molecule has 4 heteroatoms. The van der Waals surface area contributed by atoms with Crippen LogP contribution in [-0.2, 0) is 0 Å². The number of pyridine rings is 1. The van der Waals surface area contributed by atoms with Crippen LogP contribution in [0, 0.1) is 5.82 Å². The molecule has 0 aliphatic heterocycles. The molecule has 0 N–H and O–H groups in total. The summed E-state index contributed by atoms with van der Waals surface area (Å²) in [6, 6.07) is 9.97. The van der Waals surface area contributed by atoms with Crippen LogP contribution in [0.1, 0.15) is 0 Å². The van der Waals surface area contributed by atoms with Gasteiger partial charge in [0.15, 0.2) is 0 Å². The summed E-state index contributed by atoms with van der Waals surface area (Å²) in [5.41, 5.74) is 0. The highest BCUT2D eigenvalue weighted by molar-refractivity contribution is 7.99. The molecule has 0 saturated heterocycles. The predicted molar refractivity (Wildman–Crippen MR) is 59.8 cm³/mol. The molecule has 0 atom stereocenters. The smallest absolute Gasteiger partial charge is 0.130 e. The Morgan fingerprint density at radius 1 is 1.07 bits per heavy atom. The lowest BCUT2D eigenvalue weighted by molar-refractivity contribution is 0.626. The minimum atomic E-state index is -0.230. The van der Waals surface area contributed by atoms with Gasteiger partial charge in [0.2, 0.25) is 0 Å². The van der Waals surface area contributed by atoms with Crippen molar-refractivity contribution < 1.29 is 4.39 Å². The SMILES string of the molecule is Fc1ccc(Sc2ccnc(Cl)c2)cc1. The molecule has 1 aromatic carbocycles. The van der Waals surface area contributed by atoms with E-state index in [4.69, 9.17) is 11.6 Å². The third-order valence-corrected chi connectivity index (χ3v) is 2.95. The summed E-state index contributed by atoms with van der Waals surface area (Å²) >= 11 is 7.27. The number of hydrogen-bond donors (Lipinski definition) is 0. The standard InChI is InChI=1S/C11H7ClFNS/c12-11-7-10(5-6-14-11)15-9-3-1-8(13)2-4-9/h1-7H. The minimum Gasteiger partial charge on any atom is -0.244 e. The Labute approximate surface area is 96.3 Å². The van der Waals surface area contributed by atoms with Crippen LogP contribution in [0.5, 0.6) is 0 Å². The van der Waals surface area contributed by atoms with Crippen molar-refractivity contribution in [2.45, 2.75) is 9.79 Å². The summed E-state index contributed by atoms with van der Waals surface area (Å²) in [7, 11) is 0. The van der Waals surface area contributed by atoms with Gasteiger partial charge in [0.05, 0.1) is 0 Å². The van der Waals surface area contributed by atoms with Gasteiger partial charge in [0, 0.05) is 16.0 Å². The van der Waals surface area contributed by atoms with E-state index in [1.165, 1.54) is 23.9 Å². The summed E-state index contributed by atoms with van der Waals surface area (Å²) in [4.78, 5) is 5.85. The Morgan fingerprint density at radius 3 is 2.47 bits per heavy atom. The van der Waals surface area contributed by atoms with Crippen molar-refractivity contribution in [3.8, 4) is 0 Å². The van der Waals surface area contributed by atoms with Crippen LogP contribution in [-0.4, -0.2) is 4.98 Å². The maximum atomic E-state index is 12.6. The molecule has 0 bridgehead atoms. The highest BCUT2D eigenvalue weighted by atomic mass is 35.5. The molecule has 15 heavy (non-hydrogen) atoms. The number of halogens is 2. The second kappa shape index (κ2) is 4.64. The first kappa shape index (κ1) is 10.5. The third-order valence-electron chi connectivity index (χ3n) is 1.75. The van der Waals surface area contributed by atoms with E-state index in [2.05, 4.69) is 4.98 Å². The van der Waals surface area contributed by atoms with Gasteiger partial charge in [-0.2, -0.15) is 0 Å². The zero-order valence-corrected chi connectivity index (χ0v) is 9.23. The van der Waals surface area contributed by atoms with Crippen molar-refractivity contribution >= 4 is 23.4 Å². The molecule has 0 aliphatic carbocycles. The van der Waals surface area contributed by atoms with E-state index in [1.807, 2.05) is 6.07 Å². The third kappa shape index (κ3) is 2.94. The number of aromatic nitrogens is 1. The first-order valence-corrected chi connectivity index (χ1v) is 5.48. The highest BCUT2D eigenvalue weighted by Gasteiger charge is 1.98. The summed E-state index contributed by atoms with van der Waals surface area (Å²) in [6.45, 7) is 0. The number of rotatable bonds is 2. The average Bonchev–Trinajstić information content (AvgIpc) is 2.22. The first-order chi connectivity index (χ1) is 7.24. The highest BCUT2D eigenvalue weighted by Crippen LogP contribution is 2.28. The van der Waals surface area contributed by atoms with Crippen molar-refractivity contribution in [1.29, 1.82) is 0 Å². The number of benzene rings is 1. The molecular weight excluding hydrogens is 233 g/mol. The van der Waals surface area contributed by atoms with Crippen LogP contribution in [0.4, 0.5) is 4.39 Å². The fourth-order valence-corrected chi connectivity index (χ4v) is 2.17. The average molecular weight is 240 g/mol. The molecule has 2 rings (SSSR count). The molecule has 1 aromatic heterocycles. The normalized spacial score (nSPS) is 10.3. The van der Waals surface area contributed by atoms with Gasteiger partial charge in [-0.25, -0.2) is 9.37 Å². The van der Waals surface area contributed by atoms with Crippen molar-refractivity contribution in [1.82, 2.24) is 4.98 Å². The first-order valence-electron chi connectivity index (χ1n) is 4.29. The second-order valence-electron chi connectivity index (χ2n) is 2.87. The van der Waals surface area contributed by atoms with Gasteiger partial charge in [0.1, 0.15) is 11.0 Å². The summed E-state index contributed by atoms with van der Waals surface area (Å²) < 4.78 is 12.6. The molecule has 0 aliphatic rings. The van der Waals surface area contributed by atoms with E-state index < -0.39 is 0 Å². The fraction of sp³-hybridized carbons (Fsp3) is 0. The van der Waals surface area contributed by atoms with E-state index in [0.29, 0.717) is 5.15 Å². The molecule has 2 aromatic rings. The van der Waals surface area contributed by atoms with Gasteiger partial charge >= 0.3 is 0 Å². The molecule has 0 spiro atoms. The maximum absolute atomic E-state index is 12.6. The topological polar surface area (TPSA) is 12.9 Å². The Balaban J connectivity index is 2.18. The lowest BCUT2D eigenvalue weighted by atomic mass is 10.4. The number of nitrogens with zero attached hydrogens (tertiary/aromatic N) is 1. The second-order valence-corrected chi connectivity index (χ2v) is 4.40. The van der Waals surface area contributed by atoms with Gasteiger partial charge in [-0.05, 0) is 36.4 Å². The molecule has 0 saturated carbocycles. The van der Waals surface area contributed by atoms with E-state index in [9.17, 15) is 4.39 Å². The van der Waals surface area contributed by atoms with Gasteiger partial charge in [-0.15, -0.1) is 0 Å². The summed E-state index contributed by atoms with van der Waals surface area (Å²) in [5.74, 6) is -0.230. The Hall–Kier alpha value is -1.06. The van der Waals surface area contributed by atoms with E-state index in [-0.39, 0.29) is 5.82 Å². The van der Waals surface area contributed by atoms with Gasteiger partial charge in [-0.1, -0.05) is 23.4 Å². The maximum Gasteiger partial charge on any atom is 0.130 e. The van der Waals surface area contributed by atoms with Crippen LogP contribution < -0.4 is 0 Å². The van der Waals surface area contributed by atoms with Crippen LogP contribution >= 0.6 is 23.4 Å². The summed E-state index contributed by atoms with van der Waals surface area (Å²) in [5, 5.41) is 0.460. The van der Waals surface area contributed by atoms with Gasteiger partial charge in [-0.3, -0.25) is 0 Å². The van der Waals surface area contributed by atoms with Crippen molar-refractivity contribution in [2.75, 3.05) is 0 Å². The quantitative estimate of drug-likeness (QED) is 0.734. The molecule has 0 fully saturated rings. The molecular formula is C11H7ClFNS. The van der Waals surface area contributed by atoms with Crippen LogP contribution in [0.2, 0.25) is 5.15 Å². The Bertz CT molecular complexity index is 458. The molecule has 76 valence electrons. The van der Waals surface area contributed by atoms with E-state index in [0.717, 1.165) is 9.79 Å². The molecule has 0 unspecified atom stereocenters. The van der Waals surface area contributed by atoms with Crippen LogP contribution in [0.3, 0.4) is 0 Å². The predicted octanol–water partition coefficient (Wildman–Crippen LogP) is 4.03. The lowest BCUT2D eigenvalue weighted by Gasteiger charge is -2.01. The monoisotopic (exact) mass is 239 g/mol. The van der Waals surface area contributed by atoms with Crippen molar-refractivity contribution in [3.63, 3.8) is 0 Å². The van der Waals surface area contributed by atoms with Crippen LogP contribution in [0.25, 0.3) is 0 Å². The molecule has 0 radical (unpaired) electrons. The zero-order chi connectivity index (χ0) is 10.7. The van der Waals surface area contributed by atoms with Crippen LogP contribution in [0.15, 0.2) is 52.4 Å². The summed E-state index contributed by atoms with van der Waals surface area (Å²) in [6.07, 6.45) is 1.65. The number of hydrogen-bond acceptors (Lipinski definition) is 2. The van der Waals surface area contributed by atoms with E-state index >= 15 is 0 Å². The van der Waals surface area contributed by atoms with Gasteiger partial charge < -0.3 is 0 Å². The lowest BCUT2D eigenvalue weighted by Crippen LogP contribution is -1.77. The Kier molecular flexibility index (Phi) is 3.23. The molecule has 1 nitrogen and oxygen atoms in total. The largest absolute Gasteiger partial charge is 0.244 e. The minimum absolute atomic E-state index is 0.230. The molecule has 1 heterocycles. The fourth-order valence-electron chi connectivity index (χ4n) is 1.09. The van der Waals surface area contributed by atoms with Crippen molar-refractivity contribution in [2.24, 2.45) is 0 Å². The van der Waals surface area contributed by atoms with Gasteiger partial charge in [0.25, 0.3) is 0 Å².